The summed E-state index contributed by atoms with van der Waals surface area (Å²) in [6.07, 6.45) is 3.29. The topological polar surface area (TPSA) is 76.8 Å². The van der Waals surface area contributed by atoms with E-state index in [1.165, 1.54) is 0 Å². The Bertz CT molecular complexity index is 761. The lowest BCUT2D eigenvalue weighted by atomic mass is 10.1. The largest absolute Gasteiger partial charge is 0.334 e. The van der Waals surface area contributed by atoms with Crippen LogP contribution in [0.3, 0.4) is 0 Å². The van der Waals surface area contributed by atoms with Crippen LogP contribution in [0.4, 0.5) is 0 Å². The highest BCUT2D eigenvalue weighted by atomic mass is 32.1. The zero-order chi connectivity index (χ0) is 13.5. The van der Waals surface area contributed by atoms with Gasteiger partial charge in [0.2, 0.25) is 0 Å². The van der Waals surface area contributed by atoms with Gasteiger partial charge in [-0.05, 0) is 18.2 Å². The second kappa shape index (κ2) is 4.34. The summed E-state index contributed by atoms with van der Waals surface area (Å²) < 4.78 is 8.29. The normalized spacial score (nSPS) is 15.5. The first kappa shape index (κ1) is 11.5. The molecule has 0 spiro atoms. The monoisotopic (exact) mass is 286 g/mol. The molecule has 3 heterocycles. The number of carbonyl (C=O) groups is 1. The summed E-state index contributed by atoms with van der Waals surface area (Å²) in [6, 6.07) is 5.60. The van der Waals surface area contributed by atoms with E-state index in [9.17, 15) is 4.79 Å². The molecule has 3 aromatic rings. The molecule has 1 fully saturated rings. The Labute approximate surface area is 118 Å². The average Bonchev–Trinajstić information content (AvgIpc) is 3.06. The molecule has 0 radical (unpaired) electrons. The Balaban J connectivity index is 1.51. The molecule has 2 aromatic heterocycles. The first-order valence-electron chi connectivity index (χ1n) is 6.19. The fraction of sp³-hybridized carbons (Fsp3) is 0.250. The van der Waals surface area contributed by atoms with Crippen LogP contribution in [0, 0.1) is 0 Å². The molecular formula is C12H10N6OS. The zero-order valence-corrected chi connectivity index (χ0v) is 11.2. The van der Waals surface area contributed by atoms with Gasteiger partial charge in [0.1, 0.15) is 17.1 Å². The molecule has 20 heavy (non-hydrogen) atoms. The second-order valence-corrected chi connectivity index (χ2v) is 5.21. The first-order valence-corrected chi connectivity index (χ1v) is 6.92. The minimum absolute atomic E-state index is 0.0170. The third kappa shape index (κ3) is 1.76. The summed E-state index contributed by atoms with van der Waals surface area (Å²) >= 11 is 1.16. The molecule has 1 aromatic carbocycles. The number of fused-ring (bicyclic) bond motifs is 1. The highest BCUT2D eigenvalue weighted by Crippen LogP contribution is 2.23. The van der Waals surface area contributed by atoms with Crippen molar-refractivity contribution in [3.63, 3.8) is 0 Å². The highest BCUT2D eigenvalue weighted by Gasteiger charge is 2.33. The molecule has 1 aliphatic heterocycles. The number of benzene rings is 1. The van der Waals surface area contributed by atoms with Crippen LogP contribution in [-0.4, -0.2) is 47.6 Å². The van der Waals surface area contributed by atoms with Crippen molar-refractivity contribution in [3.05, 3.63) is 36.2 Å². The van der Waals surface area contributed by atoms with E-state index in [4.69, 9.17) is 0 Å². The summed E-state index contributed by atoms with van der Waals surface area (Å²) in [4.78, 5) is 15.8. The van der Waals surface area contributed by atoms with Crippen LogP contribution in [-0.2, 0) is 0 Å². The van der Waals surface area contributed by atoms with Gasteiger partial charge in [-0.15, -0.1) is 0 Å². The molecule has 7 nitrogen and oxygen atoms in total. The van der Waals surface area contributed by atoms with E-state index in [-0.39, 0.29) is 11.9 Å². The van der Waals surface area contributed by atoms with E-state index in [0.717, 1.165) is 22.8 Å². The smallest absolute Gasteiger partial charge is 0.254 e. The van der Waals surface area contributed by atoms with E-state index >= 15 is 0 Å². The maximum Gasteiger partial charge on any atom is 0.254 e. The van der Waals surface area contributed by atoms with Crippen molar-refractivity contribution in [2.24, 2.45) is 0 Å². The standard InChI is InChI=1S/C12H10N6OS/c19-12(8-1-2-10-11(5-8)16-20-15-10)17-6-9(7-17)18-13-3-4-14-18/h1-5,9H,6-7H2. The van der Waals surface area contributed by atoms with E-state index in [2.05, 4.69) is 18.9 Å². The summed E-state index contributed by atoms with van der Waals surface area (Å²) in [5, 5.41) is 8.18. The van der Waals surface area contributed by atoms with Crippen LogP contribution in [0.25, 0.3) is 11.0 Å². The second-order valence-electron chi connectivity index (χ2n) is 4.68. The van der Waals surface area contributed by atoms with Crippen molar-refractivity contribution in [3.8, 4) is 0 Å². The van der Waals surface area contributed by atoms with Crippen molar-refractivity contribution in [2.45, 2.75) is 6.04 Å². The number of hydrogen-bond acceptors (Lipinski definition) is 6. The van der Waals surface area contributed by atoms with Crippen LogP contribution in [0.5, 0.6) is 0 Å². The Morgan fingerprint density at radius 1 is 1.15 bits per heavy atom. The van der Waals surface area contributed by atoms with Gasteiger partial charge < -0.3 is 4.90 Å². The van der Waals surface area contributed by atoms with Crippen molar-refractivity contribution in [1.82, 2.24) is 28.6 Å². The Morgan fingerprint density at radius 2 is 1.90 bits per heavy atom. The number of nitrogens with zero attached hydrogens (tertiary/aromatic N) is 6. The predicted octanol–water partition coefficient (Wildman–Crippen LogP) is 0.980. The van der Waals surface area contributed by atoms with Gasteiger partial charge in [-0.25, -0.2) is 0 Å². The van der Waals surface area contributed by atoms with E-state index in [1.54, 1.807) is 34.2 Å². The number of amides is 1. The van der Waals surface area contributed by atoms with Crippen molar-refractivity contribution in [2.75, 3.05) is 13.1 Å². The van der Waals surface area contributed by atoms with Gasteiger partial charge in [0.25, 0.3) is 5.91 Å². The van der Waals surface area contributed by atoms with Crippen LogP contribution in [0.2, 0.25) is 0 Å². The van der Waals surface area contributed by atoms with Gasteiger partial charge in [0.15, 0.2) is 0 Å². The molecule has 4 rings (SSSR count). The molecule has 0 aliphatic carbocycles. The Morgan fingerprint density at radius 3 is 2.70 bits per heavy atom. The van der Waals surface area contributed by atoms with Crippen LogP contribution in [0.1, 0.15) is 16.4 Å². The number of rotatable bonds is 2. The van der Waals surface area contributed by atoms with Gasteiger partial charge in [0.05, 0.1) is 24.1 Å². The van der Waals surface area contributed by atoms with E-state index < -0.39 is 0 Å². The molecule has 1 aliphatic rings. The number of hydrogen-bond donors (Lipinski definition) is 0. The van der Waals surface area contributed by atoms with Crippen LogP contribution < -0.4 is 0 Å². The summed E-state index contributed by atoms with van der Waals surface area (Å²) in [7, 11) is 0. The Kier molecular flexibility index (Phi) is 2.49. The quantitative estimate of drug-likeness (QED) is 0.702. The molecule has 0 bridgehead atoms. The van der Waals surface area contributed by atoms with Crippen molar-refractivity contribution in [1.29, 1.82) is 0 Å². The summed E-state index contributed by atoms with van der Waals surface area (Å²) in [6.45, 7) is 1.28. The summed E-state index contributed by atoms with van der Waals surface area (Å²) in [5.41, 5.74) is 2.25. The maximum atomic E-state index is 12.3. The third-order valence-corrected chi connectivity index (χ3v) is 3.97. The molecular weight excluding hydrogens is 276 g/mol. The van der Waals surface area contributed by atoms with Gasteiger partial charge in [-0.1, -0.05) is 0 Å². The predicted molar refractivity (Wildman–Crippen MR) is 72.4 cm³/mol. The van der Waals surface area contributed by atoms with Crippen molar-refractivity contribution >= 4 is 28.7 Å². The number of likely N-dealkylation sites (tertiary alicyclic amines) is 1. The molecule has 0 atom stereocenters. The van der Waals surface area contributed by atoms with Crippen LogP contribution >= 0.6 is 11.7 Å². The van der Waals surface area contributed by atoms with Crippen molar-refractivity contribution < 1.29 is 4.79 Å². The summed E-state index contributed by atoms with van der Waals surface area (Å²) in [5.74, 6) is 0.0170. The van der Waals surface area contributed by atoms with E-state index in [1.807, 2.05) is 6.07 Å². The van der Waals surface area contributed by atoms with Crippen LogP contribution in [0.15, 0.2) is 30.6 Å². The molecule has 1 amide bonds. The van der Waals surface area contributed by atoms with Gasteiger partial charge in [0, 0.05) is 18.7 Å². The maximum absolute atomic E-state index is 12.3. The van der Waals surface area contributed by atoms with Gasteiger partial charge in [-0.2, -0.15) is 23.7 Å². The van der Waals surface area contributed by atoms with Gasteiger partial charge in [-0.3, -0.25) is 4.79 Å². The Hall–Kier alpha value is -2.35. The lowest BCUT2D eigenvalue weighted by molar-refractivity contribution is 0.0476. The number of carbonyl (C=O) groups excluding carboxylic acids is 1. The average molecular weight is 286 g/mol. The highest BCUT2D eigenvalue weighted by molar-refractivity contribution is 7.00. The van der Waals surface area contributed by atoms with E-state index in [0.29, 0.717) is 18.7 Å². The molecule has 100 valence electrons. The fourth-order valence-corrected chi connectivity index (χ4v) is 2.80. The fourth-order valence-electron chi connectivity index (χ4n) is 2.28. The molecule has 0 N–H and O–H groups in total. The minimum Gasteiger partial charge on any atom is -0.334 e. The minimum atomic E-state index is 0.0170. The SMILES string of the molecule is O=C(c1ccc2nsnc2c1)N1CC(n2nccn2)C1. The molecule has 8 heteroatoms. The molecule has 0 unspecified atom stereocenters. The first-order chi connectivity index (χ1) is 9.81. The van der Waals surface area contributed by atoms with Gasteiger partial charge >= 0.3 is 0 Å². The molecule has 1 saturated heterocycles. The lowest BCUT2D eigenvalue weighted by Crippen LogP contribution is -2.51. The molecule has 0 saturated carbocycles. The lowest BCUT2D eigenvalue weighted by Gasteiger charge is -2.38. The zero-order valence-electron chi connectivity index (χ0n) is 10.4. The third-order valence-electron chi connectivity index (χ3n) is 3.41. The number of aromatic nitrogens is 5.